The summed E-state index contributed by atoms with van der Waals surface area (Å²) in [5, 5.41) is 3.59. The van der Waals surface area contributed by atoms with Gasteiger partial charge in [-0.15, -0.1) is 0 Å². The summed E-state index contributed by atoms with van der Waals surface area (Å²) in [5.41, 5.74) is 0.660. The number of carbonyl (C=O) groups excluding carboxylic acids is 2. The first-order chi connectivity index (χ1) is 11.5. The number of hydrogen-bond acceptors (Lipinski definition) is 3. The van der Waals surface area contributed by atoms with Crippen molar-refractivity contribution in [3.05, 3.63) is 28.2 Å². The third-order valence-electron chi connectivity index (χ3n) is 3.92. The van der Waals surface area contributed by atoms with Gasteiger partial charge in [-0.1, -0.05) is 36.5 Å². The van der Waals surface area contributed by atoms with Crippen molar-refractivity contribution in [2.24, 2.45) is 5.92 Å². The van der Waals surface area contributed by atoms with Gasteiger partial charge in [-0.2, -0.15) is 0 Å². The largest absolute Gasteiger partial charge is 0.380 e. The zero-order chi connectivity index (χ0) is 17.5. The summed E-state index contributed by atoms with van der Waals surface area (Å²) >= 11 is 11.9. The average Bonchev–Trinajstić information content (AvgIpc) is 2.95. The van der Waals surface area contributed by atoms with Crippen molar-refractivity contribution in [2.45, 2.75) is 26.2 Å². The van der Waals surface area contributed by atoms with Crippen molar-refractivity contribution in [3.8, 4) is 0 Å². The van der Waals surface area contributed by atoms with E-state index in [1.54, 1.807) is 23.1 Å². The molecular weight excluding hydrogens is 351 g/mol. The maximum atomic E-state index is 12.5. The molecule has 1 aliphatic rings. The van der Waals surface area contributed by atoms with Gasteiger partial charge < -0.3 is 15.0 Å². The first-order valence-electron chi connectivity index (χ1n) is 8.16. The van der Waals surface area contributed by atoms with E-state index >= 15 is 0 Å². The van der Waals surface area contributed by atoms with E-state index in [9.17, 15) is 9.59 Å². The zero-order valence-electron chi connectivity index (χ0n) is 13.7. The lowest BCUT2D eigenvalue weighted by atomic mass is 10.1. The molecule has 5 nitrogen and oxygen atoms in total. The SMILES string of the molecule is CCCCOCCNC(=O)C1CCN(c2ccc(Cl)c(Cl)c2)C1=O. The van der Waals surface area contributed by atoms with Gasteiger partial charge in [0.2, 0.25) is 11.8 Å². The van der Waals surface area contributed by atoms with E-state index in [4.69, 9.17) is 27.9 Å². The van der Waals surface area contributed by atoms with E-state index < -0.39 is 5.92 Å². The van der Waals surface area contributed by atoms with Crippen LogP contribution in [0.2, 0.25) is 10.0 Å². The van der Waals surface area contributed by atoms with Crippen LogP contribution in [0.1, 0.15) is 26.2 Å². The molecule has 2 rings (SSSR count). The predicted octanol–water partition coefficient (Wildman–Crippen LogP) is 3.28. The average molecular weight is 373 g/mol. The second-order valence-corrected chi connectivity index (χ2v) is 6.50. The van der Waals surface area contributed by atoms with Gasteiger partial charge in [-0.3, -0.25) is 9.59 Å². The minimum atomic E-state index is -0.657. The van der Waals surface area contributed by atoms with Crippen molar-refractivity contribution in [1.82, 2.24) is 5.32 Å². The van der Waals surface area contributed by atoms with Crippen LogP contribution in [0.5, 0.6) is 0 Å². The number of ether oxygens (including phenoxy) is 1. The number of halogens is 2. The molecular formula is C17H22Cl2N2O3. The third-order valence-corrected chi connectivity index (χ3v) is 4.66. The Labute approximate surface area is 152 Å². The van der Waals surface area contributed by atoms with Crippen LogP contribution < -0.4 is 10.2 Å². The molecule has 0 aliphatic carbocycles. The highest BCUT2D eigenvalue weighted by molar-refractivity contribution is 6.42. The van der Waals surface area contributed by atoms with Crippen molar-refractivity contribution in [3.63, 3.8) is 0 Å². The highest BCUT2D eigenvalue weighted by Crippen LogP contribution is 2.31. The molecule has 1 aromatic carbocycles. The maximum Gasteiger partial charge on any atom is 0.239 e. The van der Waals surface area contributed by atoms with Gasteiger partial charge in [0.15, 0.2) is 0 Å². The van der Waals surface area contributed by atoms with Crippen molar-refractivity contribution < 1.29 is 14.3 Å². The van der Waals surface area contributed by atoms with Gasteiger partial charge in [-0.25, -0.2) is 0 Å². The lowest BCUT2D eigenvalue weighted by Crippen LogP contribution is -2.38. The summed E-state index contributed by atoms with van der Waals surface area (Å²) in [6.45, 7) is 4.15. The van der Waals surface area contributed by atoms with E-state index in [-0.39, 0.29) is 11.8 Å². The summed E-state index contributed by atoms with van der Waals surface area (Å²) in [6.07, 6.45) is 2.57. The number of carbonyl (C=O) groups is 2. The molecule has 1 unspecified atom stereocenters. The van der Waals surface area contributed by atoms with E-state index in [0.717, 1.165) is 12.8 Å². The highest BCUT2D eigenvalue weighted by atomic mass is 35.5. The fourth-order valence-electron chi connectivity index (χ4n) is 2.55. The summed E-state index contributed by atoms with van der Waals surface area (Å²) in [4.78, 5) is 26.2. The van der Waals surface area contributed by atoms with Gasteiger partial charge in [0.05, 0.1) is 16.7 Å². The number of amides is 2. The number of rotatable bonds is 8. The molecule has 1 atom stereocenters. The van der Waals surface area contributed by atoms with Crippen LogP contribution in [0, 0.1) is 5.92 Å². The van der Waals surface area contributed by atoms with E-state index in [0.29, 0.717) is 48.5 Å². The van der Waals surface area contributed by atoms with Gasteiger partial charge in [-0.05, 0) is 31.0 Å². The van der Waals surface area contributed by atoms with Gasteiger partial charge in [0.1, 0.15) is 5.92 Å². The molecule has 1 aliphatic heterocycles. The quantitative estimate of drug-likeness (QED) is 0.562. The number of nitrogens with zero attached hydrogens (tertiary/aromatic N) is 1. The summed E-state index contributed by atoms with van der Waals surface area (Å²) in [7, 11) is 0. The molecule has 2 amide bonds. The Kier molecular flexibility index (Phi) is 7.34. The normalized spacial score (nSPS) is 17.4. The molecule has 1 N–H and O–H groups in total. The number of nitrogens with one attached hydrogen (secondary N) is 1. The Balaban J connectivity index is 1.84. The van der Waals surface area contributed by atoms with Crippen LogP contribution in [0.4, 0.5) is 5.69 Å². The first kappa shape index (κ1) is 19.0. The Morgan fingerprint density at radius 1 is 1.33 bits per heavy atom. The minimum absolute atomic E-state index is 0.210. The summed E-state index contributed by atoms with van der Waals surface area (Å²) in [6, 6.07) is 5.02. The Hall–Kier alpha value is -1.30. The summed E-state index contributed by atoms with van der Waals surface area (Å²) in [5.74, 6) is -1.12. The number of unbranched alkanes of at least 4 members (excludes halogenated alkanes) is 1. The van der Waals surface area contributed by atoms with Gasteiger partial charge in [0.25, 0.3) is 0 Å². The second kappa shape index (κ2) is 9.25. The van der Waals surface area contributed by atoms with Crippen molar-refractivity contribution >= 4 is 40.7 Å². The van der Waals surface area contributed by atoms with Crippen LogP contribution in [0.15, 0.2) is 18.2 Å². The first-order valence-corrected chi connectivity index (χ1v) is 8.92. The van der Waals surface area contributed by atoms with Crippen LogP contribution >= 0.6 is 23.2 Å². The van der Waals surface area contributed by atoms with Gasteiger partial charge in [0, 0.05) is 25.4 Å². The Morgan fingerprint density at radius 3 is 2.83 bits per heavy atom. The molecule has 1 fully saturated rings. The number of anilines is 1. The molecule has 0 aromatic heterocycles. The molecule has 1 saturated heterocycles. The van der Waals surface area contributed by atoms with Crippen LogP contribution in [-0.2, 0) is 14.3 Å². The van der Waals surface area contributed by atoms with Crippen molar-refractivity contribution in [2.75, 3.05) is 31.2 Å². The number of hydrogen-bond donors (Lipinski definition) is 1. The molecule has 0 radical (unpaired) electrons. The smallest absolute Gasteiger partial charge is 0.239 e. The molecule has 1 aromatic rings. The van der Waals surface area contributed by atoms with E-state index in [1.807, 2.05) is 0 Å². The lowest BCUT2D eigenvalue weighted by molar-refractivity contribution is -0.132. The fraction of sp³-hybridized carbons (Fsp3) is 0.529. The zero-order valence-corrected chi connectivity index (χ0v) is 15.2. The topological polar surface area (TPSA) is 58.6 Å². The maximum absolute atomic E-state index is 12.5. The molecule has 0 spiro atoms. The van der Waals surface area contributed by atoms with E-state index in [2.05, 4.69) is 12.2 Å². The van der Waals surface area contributed by atoms with Gasteiger partial charge >= 0.3 is 0 Å². The Morgan fingerprint density at radius 2 is 2.12 bits per heavy atom. The standard InChI is InChI=1S/C17H22Cl2N2O3/c1-2-3-9-24-10-7-20-16(22)13-6-8-21(17(13)23)12-4-5-14(18)15(19)11-12/h4-5,11,13H,2-3,6-10H2,1H3,(H,20,22). The lowest BCUT2D eigenvalue weighted by Gasteiger charge is -2.17. The monoisotopic (exact) mass is 372 g/mol. The van der Waals surface area contributed by atoms with Crippen LogP contribution in [-0.4, -0.2) is 38.1 Å². The molecule has 132 valence electrons. The second-order valence-electron chi connectivity index (χ2n) is 5.69. The fourth-order valence-corrected chi connectivity index (χ4v) is 2.84. The molecule has 1 heterocycles. The Bertz CT molecular complexity index is 595. The molecule has 0 bridgehead atoms. The summed E-state index contributed by atoms with van der Waals surface area (Å²) < 4.78 is 5.39. The molecule has 7 heteroatoms. The highest BCUT2D eigenvalue weighted by Gasteiger charge is 2.37. The molecule has 24 heavy (non-hydrogen) atoms. The van der Waals surface area contributed by atoms with Crippen LogP contribution in [0.3, 0.4) is 0 Å². The van der Waals surface area contributed by atoms with Crippen molar-refractivity contribution in [1.29, 1.82) is 0 Å². The predicted molar refractivity (Wildman–Crippen MR) is 95.7 cm³/mol. The minimum Gasteiger partial charge on any atom is -0.380 e. The number of benzene rings is 1. The molecule has 0 saturated carbocycles. The third kappa shape index (κ3) is 4.85. The van der Waals surface area contributed by atoms with Crippen LogP contribution in [0.25, 0.3) is 0 Å². The van der Waals surface area contributed by atoms with E-state index in [1.165, 1.54) is 0 Å².